The van der Waals surface area contributed by atoms with E-state index < -0.39 is 24.3 Å². The third-order valence-electron chi connectivity index (χ3n) is 3.10. The predicted octanol–water partition coefficient (Wildman–Crippen LogP) is 0.123. The number of phenolic OH excluding ortho intramolecular Hbond substituents is 1. The molecule has 0 bridgehead atoms. The van der Waals surface area contributed by atoms with Gasteiger partial charge < -0.3 is 25.3 Å². The van der Waals surface area contributed by atoms with Crippen LogP contribution in [0.3, 0.4) is 0 Å². The smallest absolute Gasteiger partial charge is 0.508 e. The summed E-state index contributed by atoms with van der Waals surface area (Å²) in [5.41, 5.74) is 0.674. The van der Waals surface area contributed by atoms with Crippen LogP contribution in [0.5, 0.6) is 5.75 Å². The largest absolute Gasteiger partial charge is 0.525 e. The number of aromatic hydroxyl groups is 1. The second kappa shape index (κ2) is 5.43. The molecule has 4 N–H and O–H groups in total. The highest BCUT2D eigenvalue weighted by Crippen LogP contribution is 2.30. The summed E-state index contributed by atoms with van der Waals surface area (Å²) in [6.07, 6.45) is -3.41. The maximum atomic E-state index is 10.4. The fraction of sp³-hybridized carbons (Fsp3) is 0.417. The number of carboxylic acid groups (broad SMARTS) is 1. The number of aliphatic hydroxyl groups excluding tert-OH is 2. The minimum absolute atomic E-state index is 0.0189. The van der Waals surface area contributed by atoms with Crippen LogP contribution >= 0.6 is 0 Å². The maximum absolute atomic E-state index is 10.4. The quantitative estimate of drug-likeness (QED) is 0.603. The lowest BCUT2D eigenvalue weighted by Gasteiger charge is -2.37. The Labute approximate surface area is 109 Å². The molecule has 0 radical (unpaired) electrons. The summed E-state index contributed by atoms with van der Waals surface area (Å²) in [5.74, 6) is -0.450. The first kappa shape index (κ1) is 13.6. The van der Waals surface area contributed by atoms with Crippen molar-refractivity contribution in [1.29, 1.82) is 0 Å². The topological polar surface area (TPSA) is 110 Å². The molecule has 19 heavy (non-hydrogen) atoms. The average Bonchev–Trinajstić information content (AvgIpc) is 2.29. The summed E-state index contributed by atoms with van der Waals surface area (Å²) in [5, 5.41) is 38.7. The standard InChI is InChI=1S/C12H15NO6/c14-8-3-1-7(2-4-8)11-9(15)5-13(6-10(11)16)19-12(17)18/h1-4,9-11,14-16H,5-6H2,(H,17,18)/t9-,10+,11?. The molecular weight excluding hydrogens is 254 g/mol. The Morgan fingerprint density at radius 2 is 1.68 bits per heavy atom. The van der Waals surface area contributed by atoms with E-state index in [1.807, 2.05) is 0 Å². The third kappa shape index (κ3) is 3.14. The van der Waals surface area contributed by atoms with Gasteiger partial charge in [0.05, 0.1) is 25.3 Å². The first-order valence-corrected chi connectivity index (χ1v) is 5.78. The first-order valence-electron chi connectivity index (χ1n) is 5.78. The Morgan fingerprint density at radius 3 is 2.16 bits per heavy atom. The molecule has 0 aliphatic carbocycles. The zero-order chi connectivity index (χ0) is 14.0. The Morgan fingerprint density at radius 1 is 1.16 bits per heavy atom. The van der Waals surface area contributed by atoms with Gasteiger partial charge in [-0.1, -0.05) is 12.1 Å². The highest BCUT2D eigenvalue weighted by Gasteiger charge is 2.37. The average molecular weight is 269 g/mol. The molecule has 104 valence electrons. The monoisotopic (exact) mass is 269 g/mol. The number of carbonyl (C=O) groups is 1. The predicted molar refractivity (Wildman–Crippen MR) is 63.5 cm³/mol. The molecule has 7 nitrogen and oxygen atoms in total. The molecule has 0 amide bonds. The van der Waals surface area contributed by atoms with Crippen molar-refractivity contribution < 1.29 is 30.1 Å². The van der Waals surface area contributed by atoms with Crippen LogP contribution in [-0.2, 0) is 4.84 Å². The van der Waals surface area contributed by atoms with Crippen LogP contribution in [0.15, 0.2) is 24.3 Å². The zero-order valence-electron chi connectivity index (χ0n) is 10.0. The number of hydrogen-bond acceptors (Lipinski definition) is 6. The highest BCUT2D eigenvalue weighted by atomic mass is 16.8. The van der Waals surface area contributed by atoms with Gasteiger partial charge in [-0.2, -0.15) is 0 Å². The van der Waals surface area contributed by atoms with Crippen LogP contribution < -0.4 is 0 Å². The van der Waals surface area contributed by atoms with E-state index >= 15 is 0 Å². The van der Waals surface area contributed by atoms with Crippen molar-refractivity contribution in [2.45, 2.75) is 18.1 Å². The van der Waals surface area contributed by atoms with E-state index in [1.54, 1.807) is 12.1 Å². The third-order valence-corrected chi connectivity index (χ3v) is 3.10. The lowest BCUT2D eigenvalue weighted by atomic mass is 9.85. The van der Waals surface area contributed by atoms with Crippen LogP contribution in [0, 0.1) is 0 Å². The zero-order valence-corrected chi connectivity index (χ0v) is 10.0. The maximum Gasteiger partial charge on any atom is 0.525 e. The Hall–Kier alpha value is -1.83. The molecule has 1 aromatic rings. The van der Waals surface area contributed by atoms with E-state index in [2.05, 4.69) is 4.84 Å². The molecule has 1 aliphatic heterocycles. The lowest BCUT2D eigenvalue weighted by molar-refractivity contribution is -0.180. The Bertz CT molecular complexity index is 436. The molecule has 1 saturated heterocycles. The molecule has 1 heterocycles. The summed E-state index contributed by atoms with van der Waals surface area (Å²) >= 11 is 0. The van der Waals surface area contributed by atoms with Crippen molar-refractivity contribution in [3.63, 3.8) is 0 Å². The van der Waals surface area contributed by atoms with Crippen LogP contribution in [0.1, 0.15) is 11.5 Å². The number of benzene rings is 1. The van der Waals surface area contributed by atoms with Crippen molar-refractivity contribution in [3.8, 4) is 5.75 Å². The van der Waals surface area contributed by atoms with E-state index in [-0.39, 0.29) is 18.8 Å². The summed E-state index contributed by atoms with van der Waals surface area (Å²) in [6.45, 7) is -0.0379. The van der Waals surface area contributed by atoms with Crippen LogP contribution in [0.4, 0.5) is 4.79 Å². The molecule has 0 saturated carbocycles. The fourth-order valence-corrected chi connectivity index (χ4v) is 2.30. The summed E-state index contributed by atoms with van der Waals surface area (Å²) in [6, 6.07) is 6.16. The number of phenols is 1. The lowest BCUT2D eigenvalue weighted by Crippen LogP contribution is -2.51. The van der Waals surface area contributed by atoms with Crippen molar-refractivity contribution in [1.82, 2.24) is 5.06 Å². The Kier molecular flexibility index (Phi) is 3.89. The first-order chi connectivity index (χ1) is 8.97. The molecule has 1 fully saturated rings. The molecule has 1 unspecified atom stereocenters. The van der Waals surface area contributed by atoms with E-state index in [0.717, 1.165) is 5.06 Å². The van der Waals surface area contributed by atoms with Crippen molar-refractivity contribution in [2.75, 3.05) is 13.1 Å². The van der Waals surface area contributed by atoms with Gasteiger partial charge in [0, 0.05) is 5.92 Å². The van der Waals surface area contributed by atoms with Gasteiger partial charge in [-0.3, -0.25) is 0 Å². The molecular formula is C12H15NO6. The number of nitrogens with zero attached hydrogens (tertiary/aromatic N) is 1. The minimum Gasteiger partial charge on any atom is -0.508 e. The summed E-state index contributed by atoms with van der Waals surface area (Å²) in [4.78, 5) is 14.8. The minimum atomic E-state index is -1.48. The molecule has 0 spiro atoms. The number of β-amino-alcohol motifs (C(OH)–C–C–N with tert-alkyl or cyclic N) is 2. The number of rotatable bonds is 2. The number of aliphatic hydroxyl groups is 2. The van der Waals surface area contributed by atoms with Gasteiger partial charge in [0.25, 0.3) is 0 Å². The van der Waals surface area contributed by atoms with Gasteiger partial charge in [0.1, 0.15) is 5.75 Å². The van der Waals surface area contributed by atoms with Gasteiger partial charge in [-0.15, -0.1) is 5.06 Å². The molecule has 0 aromatic heterocycles. The van der Waals surface area contributed by atoms with Crippen molar-refractivity contribution >= 4 is 6.16 Å². The SMILES string of the molecule is O=C(O)ON1C[C@@H](O)C(c2ccc(O)cc2)[C@@H](O)C1. The number of hydroxylamine groups is 2. The molecule has 1 aliphatic rings. The fourth-order valence-electron chi connectivity index (χ4n) is 2.30. The summed E-state index contributed by atoms with van der Waals surface area (Å²) in [7, 11) is 0. The molecule has 2 rings (SSSR count). The Balaban J connectivity index is 2.11. The number of hydrogen-bond donors (Lipinski definition) is 4. The van der Waals surface area contributed by atoms with Crippen LogP contribution in [0.2, 0.25) is 0 Å². The van der Waals surface area contributed by atoms with Crippen molar-refractivity contribution in [2.24, 2.45) is 0 Å². The number of piperidine rings is 1. The van der Waals surface area contributed by atoms with Gasteiger partial charge in [0.15, 0.2) is 0 Å². The van der Waals surface area contributed by atoms with E-state index in [4.69, 9.17) is 5.11 Å². The van der Waals surface area contributed by atoms with Gasteiger partial charge in [0.2, 0.25) is 0 Å². The van der Waals surface area contributed by atoms with Crippen LogP contribution in [-0.4, -0.2) is 56.9 Å². The summed E-state index contributed by atoms with van der Waals surface area (Å²) < 4.78 is 0. The second-order valence-corrected chi connectivity index (χ2v) is 4.46. The van der Waals surface area contributed by atoms with E-state index in [1.165, 1.54) is 12.1 Å². The molecule has 3 atom stereocenters. The normalized spacial score (nSPS) is 28.0. The molecule has 1 aromatic carbocycles. The van der Waals surface area contributed by atoms with Crippen LogP contribution in [0.25, 0.3) is 0 Å². The highest BCUT2D eigenvalue weighted by molar-refractivity contribution is 5.56. The van der Waals surface area contributed by atoms with Gasteiger partial charge in [-0.25, -0.2) is 4.79 Å². The molecule has 7 heteroatoms. The van der Waals surface area contributed by atoms with Gasteiger partial charge in [-0.05, 0) is 17.7 Å². The van der Waals surface area contributed by atoms with E-state index in [0.29, 0.717) is 5.56 Å². The van der Waals surface area contributed by atoms with E-state index in [9.17, 15) is 20.1 Å². The van der Waals surface area contributed by atoms with Crippen molar-refractivity contribution in [3.05, 3.63) is 29.8 Å². The van der Waals surface area contributed by atoms with Gasteiger partial charge >= 0.3 is 6.16 Å². The second-order valence-electron chi connectivity index (χ2n) is 4.46.